The van der Waals surface area contributed by atoms with Gasteiger partial charge in [-0.15, -0.1) is 0 Å². The van der Waals surface area contributed by atoms with E-state index in [0.717, 1.165) is 18.8 Å². The molecule has 0 N–H and O–H groups in total. The third-order valence-electron chi connectivity index (χ3n) is 9.37. The molecular weight excluding hydrogens is 352 g/mol. The SMILES string of the molecule is CC(C)[C@@H](C)/C=C\[C@H](C)[C@@H]1CCC2=C3C=CC4=CC(=O)CC[C@]4(C)[C@H]3CC[C@]21C. The molecule has 0 unspecified atom stereocenters. The maximum absolute atomic E-state index is 12.0. The molecule has 1 saturated carbocycles. The fraction of sp³-hybridized carbons (Fsp3) is 0.679. The molecule has 0 saturated heterocycles. The first-order valence-electron chi connectivity index (χ1n) is 12.0. The summed E-state index contributed by atoms with van der Waals surface area (Å²) in [6.07, 6.45) is 18.5. The molecule has 0 aliphatic heterocycles. The minimum Gasteiger partial charge on any atom is -0.295 e. The Morgan fingerprint density at radius 2 is 1.72 bits per heavy atom. The fourth-order valence-corrected chi connectivity index (χ4v) is 6.91. The van der Waals surface area contributed by atoms with E-state index in [1.165, 1.54) is 31.3 Å². The molecule has 0 aromatic rings. The van der Waals surface area contributed by atoms with E-state index in [2.05, 4.69) is 65.8 Å². The Kier molecular flexibility index (Phi) is 5.33. The Labute approximate surface area is 178 Å². The molecule has 0 bridgehead atoms. The topological polar surface area (TPSA) is 17.1 Å². The lowest BCUT2D eigenvalue weighted by Gasteiger charge is -2.51. The van der Waals surface area contributed by atoms with Crippen LogP contribution in [-0.2, 0) is 4.79 Å². The van der Waals surface area contributed by atoms with Crippen LogP contribution in [0.15, 0.2) is 47.1 Å². The van der Waals surface area contributed by atoms with Gasteiger partial charge in [0.2, 0.25) is 0 Å². The molecule has 29 heavy (non-hydrogen) atoms. The quantitative estimate of drug-likeness (QED) is 0.454. The minimum atomic E-state index is 0.169. The van der Waals surface area contributed by atoms with E-state index in [0.29, 0.717) is 34.9 Å². The zero-order valence-corrected chi connectivity index (χ0v) is 19.4. The van der Waals surface area contributed by atoms with Crippen LogP contribution in [0.2, 0.25) is 0 Å². The highest BCUT2D eigenvalue weighted by atomic mass is 16.1. The second-order valence-corrected chi connectivity index (χ2v) is 11.3. The molecule has 6 atom stereocenters. The molecule has 0 radical (unpaired) electrons. The van der Waals surface area contributed by atoms with E-state index in [4.69, 9.17) is 0 Å². The second-order valence-electron chi connectivity index (χ2n) is 11.3. The summed E-state index contributed by atoms with van der Waals surface area (Å²) >= 11 is 0. The highest BCUT2D eigenvalue weighted by Gasteiger charge is 2.53. The average molecular weight is 393 g/mol. The lowest BCUT2D eigenvalue weighted by atomic mass is 9.53. The maximum Gasteiger partial charge on any atom is 0.156 e. The number of hydrogen-bond acceptors (Lipinski definition) is 1. The van der Waals surface area contributed by atoms with Crippen molar-refractivity contribution in [3.05, 3.63) is 47.1 Å². The van der Waals surface area contributed by atoms with Gasteiger partial charge in [-0.05, 0) is 89.7 Å². The monoisotopic (exact) mass is 392 g/mol. The maximum atomic E-state index is 12.0. The average Bonchev–Trinajstić information content (AvgIpc) is 3.03. The first-order valence-corrected chi connectivity index (χ1v) is 12.0. The van der Waals surface area contributed by atoms with E-state index >= 15 is 0 Å². The van der Waals surface area contributed by atoms with Gasteiger partial charge in [0.1, 0.15) is 0 Å². The predicted molar refractivity (Wildman–Crippen MR) is 122 cm³/mol. The number of carbonyl (C=O) groups excluding carboxylic acids is 1. The smallest absolute Gasteiger partial charge is 0.156 e. The predicted octanol–water partition coefficient (Wildman–Crippen LogP) is 7.46. The molecule has 1 fully saturated rings. The largest absolute Gasteiger partial charge is 0.295 e. The molecule has 0 aromatic heterocycles. The van der Waals surface area contributed by atoms with E-state index in [1.54, 1.807) is 11.1 Å². The Morgan fingerprint density at radius 3 is 2.45 bits per heavy atom. The summed E-state index contributed by atoms with van der Waals surface area (Å²) < 4.78 is 0. The van der Waals surface area contributed by atoms with Crippen molar-refractivity contribution >= 4 is 5.78 Å². The van der Waals surface area contributed by atoms with Crippen molar-refractivity contribution in [1.82, 2.24) is 0 Å². The van der Waals surface area contributed by atoms with Gasteiger partial charge in [0.25, 0.3) is 0 Å². The Morgan fingerprint density at radius 1 is 0.966 bits per heavy atom. The molecular formula is C28H40O. The number of fused-ring (bicyclic) bond motifs is 4. The summed E-state index contributed by atoms with van der Waals surface area (Å²) in [4.78, 5) is 12.0. The first-order chi connectivity index (χ1) is 13.7. The van der Waals surface area contributed by atoms with E-state index in [9.17, 15) is 4.79 Å². The second kappa shape index (κ2) is 7.40. The van der Waals surface area contributed by atoms with Crippen molar-refractivity contribution in [3.63, 3.8) is 0 Å². The van der Waals surface area contributed by atoms with Crippen LogP contribution in [0.5, 0.6) is 0 Å². The van der Waals surface area contributed by atoms with Crippen molar-refractivity contribution in [2.75, 3.05) is 0 Å². The summed E-state index contributed by atoms with van der Waals surface area (Å²) in [6, 6.07) is 0. The third kappa shape index (κ3) is 3.33. The van der Waals surface area contributed by atoms with Crippen molar-refractivity contribution in [2.45, 2.75) is 80.1 Å². The van der Waals surface area contributed by atoms with E-state index in [-0.39, 0.29) is 5.41 Å². The molecule has 1 heteroatoms. The Bertz CT molecular complexity index is 806. The standard InChI is InChI=1S/C28H40O/c1-18(2)19(3)7-8-20(4)24-11-12-25-23-10-9-21-17-22(29)13-15-27(21,5)26(23)14-16-28(24,25)6/h7-10,17-20,24,26H,11-16H2,1-6H3/b8-7-/t19-,20-,24-,26-,27-,28-/m0/s1. The number of allylic oxidation sites excluding steroid dienone is 8. The van der Waals surface area contributed by atoms with Gasteiger partial charge in [-0.1, -0.05) is 71.4 Å². The fourth-order valence-electron chi connectivity index (χ4n) is 6.91. The van der Waals surface area contributed by atoms with Crippen LogP contribution in [0, 0.1) is 40.4 Å². The van der Waals surface area contributed by atoms with Gasteiger partial charge in [-0.25, -0.2) is 0 Å². The number of carbonyl (C=O) groups is 1. The first kappa shape index (κ1) is 20.9. The molecule has 0 aromatic carbocycles. The lowest BCUT2D eigenvalue weighted by Crippen LogP contribution is -2.41. The molecule has 4 aliphatic carbocycles. The Hall–Kier alpha value is -1.37. The zero-order valence-electron chi connectivity index (χ0n) is 19.4. The van der Waals surface area contributed by atoms with Gasteiger partial charge in [0.05, 0.1) is 0 Å². The van der Waals surface area contributed by atoms with Gasteiger partial charge < -0.3 is 0 Å². The van der Waals surface area contributed by atoms with Gasteiger partial charge in [-0.3, -0.25) is 4.79 Å². The molecule has 1 nitrogen and oxygen atoms in total. The van der Waals surface area contributed by atoms with Gasteiger partial charge in [0, 0.05) is 6.42 Å². The summed E-state index contributed by atoms with van der Waals surface area (Å²) in [7, 11) is 0. The summed E-state index contributed by atoms with van der Waals surface area (Å²) in [5.74, 6) is 3.69. The zero-order chi connectivity index (χ0) is 21.0. The van der Waals surface area contributed by atoms with Crippen LogP contribution in [0.3, 0.4) is 0 Å². The summed E-state index contributed by atoms with van der Waals surface area (Å²) in [5.41, 5.74) is 5.21. The van der Waals surface area contributed by atoms with Crippen LogP contribution >= 0.6 is 0 Å². The third-order valence-corrected chi connectivity index (χ3v) is 9.37. The van der Waals surface area contributed by atoms with Crippen LogP contribution in [0.25, 0.3) is 0 Å². The highest BCUT2D eigenvalue weighted by molar-refractivity contribution is 5.92. The van der Waals surface area contributed by atoms with Crippen LogP contribution in [-0.4, -0.2) is 5.78 Å². The van der Waals surface area contributed by atoms with Crippen molar-refractivity contribution in [3.8, 4) is 0 Å². The minimum absolute atomic E-state index is 0.169. The summed E-state index contributed by atoms with van der Waals surface area (Å²) in [6.45, 7) is 14.4. The number of ketones is 1. The van der Waals surface area contributed by atoms with Crippen molar-refractivity contribution in [2.24, 2.45) is 40.4 Å². The lowest BCUT2D eigenvalue weighted by molar-refractivity contribution is -0.116. The molecule has 0 amide bonds. The van der Waals surface area contributed by atoms with Gasteiger partial charge in [-0.2, -0.15) is 0 Å². The molecule has 4 rings (SSSR count). The number of hydrogen-bond donors (Lipinski definition) is 0. The van der Waals surface area contributed by atoms with Crippen LogP contribution in [0.4, 0.5) is 0 Å². The van der Waals surface area contributed by atoms with E-state index < -0.39 is 0 Å². The van der Waals surface area contributed by atoms with Gasteiger partial charge >= 0.3 is 0 Å². The molecule has 158 valence electrons. The Balaban J connectivity index is 1.65. The molecule has 4 aliphatic rings. The summed E-state index contributed by atoms with van der Waals surface area (Å²) in [5, 5.41) is 0. The number of rotatable bonds is 4. The molecule has 0 spiro atoms. The normalized spacial score (nSPS) is 38.7. The molecule has 0 heterocycles. The van der Waals surface area contributed by atoms with Crippen molar-refractivity contribution in [1.29, 1.82) is 0 Å². The van der Waals surface area contributed by atoms with Crippen LogP contribution in [0.1, 0.15) is 80.1 Å². The van der Waals surface area contributed by atoms with Crippen molar-refractivity contribution < 1.29 is 4.79 Å². The highest BCUT2D eigenvalue weighted by Crippen LogP contribution is 2.63. The van der Waals surface area contributed by atoms with Gasteiger partial charge in [0.15, 0.2) is 5.78 Å². The van der Waals surface area contributed by atoms with Crippen LogP contribution < -0.4 is 0 Å². The van der Waals surface area contributed by atoms with E-state index in [1.807, 2.05) is 6.08 Å².